The monoisotopic (exact) mass is 1290 g/mol. The zero-order valence-corrected chi connectivity index (χ0v) is 56.8. The van der Waals surface area contributed by atoms with Crippen LogP contribution >= 0.6 is 23.2 Å². The molecule has 0 unspecified atom stereocenters. The van der Waals surface area contributed by atoms with Crippen LogP contribution < -0.4 is 9.80 Å². The topological polar surface area (TPSA) is 145 Å². The fourth-order valence-corrected chi connectivity index (χ4v) is 16.1. The van der Waals surface area contributed by atoms with Crippen molar-refractivity contribution in [3.8, 4) is 0 Å². The molecule has 4 aromatic rings. The number of anilines is 2. The number of para-hydroxylation sites is 4. The number of nitrogens with zero attached hydrogens (tertiary/aromatic N) is 4. The smallest absolute Gasteiger partial charge is 0.209 e. The van der Waals surface area contributed by atoms with Crippen molar-refractivity contribution in [1.29, 1.82) is 0 Å². The van der Waals surface area contributed by atoms with Gasteiger partial charge in [-0.25, -0.2) is 16.8 Å². The molecule has 0 atom stereocenters. The van der Waals surface area contributed by atoms with Gasteiger partial charge in [0.05, 0.1) is 57.5 Å². The molecule has 0 fully saturated rings. The first-order chi connectivity index (χ1) is 42.8. The lowest BCUT2D eigenvalue weighted by molar-refractivity contribution is -0.438. The molecule has 6 aliphatic rings. The predicted octanol–water partition coefficient (Wildman–Crippen LogP) is 15.5. The van der Waals surface area contributed by atoms with Crippen LogP contribution in [0.2, 0.25) is 0 Å². The van der Waals surface area contributed by atoms with E-state index in [1.54, 1.807) is 0 Å². The maximum absolute atomic E-state index is 11.4. The summed E-state index contributed by atoms with van der Waals surface area (Å²) in [6.45, 7) is 22.5. The molecule has 0 bridgehead atoms. The van der Waals surface area contributed by atoms with E-state index in [4.69, 9.17) is 32.7 Å². The first-order valence-corrected chi connectivity index (χ1v) is 35.9. The van der Waals surface area contributed by atoms with E-state index in [1.165, 1.54) is 45.0 Å². The average molecular weight is 1300 g/mol. The summed E-state index contributed by atoms with van der Waals surface area (Å²) in [7, 11) is -8.55. The summed E-state index contributed by atoms with van der Waals surface area (Å²) >= 11 is 14.7. The Morgan fingerprint density at radius 2 is 0.833 bits per heavy atom. The van der Waals surface area contributed by atoms with Crippen LogP contribution in [-0.2, 0) is 51.4 Å². The second-order valence-electron chi connectivity index (χ2n) is 26.6. The molecular weight excluding hydrogens is 1210 g/mol. The summed E-state index contributed by atoms with van der Waals surface area (Å²) < 4.78 is 85.6. The van der Waals surface area contributed by atoms with Gasteiger partial charge in [0.2, 0.25) is 11.4 Å². The Labute approximate surface area is 545 Å². The van der Waals surface area contributed by atoms with Gasteiger partial charge in [-0.1, -0.05) is 148 Å². The van der Waals surface area contributed by atoms with Crippen molar-refractivity contribution in [2.45, 2.75) is 141 Å². The van der Waals surface area contributed by atoms with Gasteiger partial charge in [0.1, 0.15) is 13.1 Å². The average Bonchev–Trinajstić information content (AvgIpc) is 1.64. The second-order valence-corrected chi connectivity index (χ2v) is 30.5. The first-order valence-electron chi connectivity index (χ1n) is 32.0. The third kappa shape index (κ3) is 14.5. The number of fused-ring (bicyclic) bond motifs is 4. The van der Waals surface area contributed by atoms with Gasteiger partial charge in [-0.15, -0.1) is 0 Å². The molecule has 0 radical (unpaired) electrons. The third-order valence-electron chi connectivity index (χ3n) is 19.2. The van der Waals surface area contributed by atoms with Crippen LogP contribution in [0, 0.1) is 0 Å². The number of benzene rings is 4. The lowest BCUT2D eigenvalue weighted by atomic mass is 9.81. The number of hydrogen-bond acceptors (Lipinski definition) is 10. The SMILES string of the molecule is CC1(C)C(/C=C/C2=C(Cl)C(=C\C=C3/N(CCOCCOCCN4/C(=C/C=C5/CCCC(/C=C/C6=[N+](CCCCS(=O)(=O)[O-])c7ccccc7C6(C)C)=C5Cl)C(C)(C)c5ccccc54)c4ccccc4C3(C)C)/CCC2)=[N+](CCCCS(=O)(=O)[O-])c2ccccc21. The molecule has 4 aliphatic heterocycles. The number of allylic oxidation sites excluding steroid dienone is 16. The van der Waals surface area contributed by atoms with Crippen LogP contribution in [-0.4, -0.2) is 111 Å². The maximum atomic E-state index is 11.4. The normalized spacial score (nSPS) is 21.2. The van der Waals surface area contributed by atoms with E-state index in [0.717, 1.165) is 93.7 Å². The Morgan fingerprint density at radius 3 is 1.22 bits per heavy atom. The van der Waals surface area contributed by atoms with E-state index < -0.39 is 20.2 Å². The number of unbranched alkanes of at least 4 members (excludes halogenated alkanes) is 2. The van der Waals surface area contributed by atoms with Crippen molar-refractivity contribution in [3.63, 3.8) is 0 Å². The van der Waals surface area contributed by atoms with Gasteiger partial charge in [-0.2, -0.15) is 9.15 Å². The van der Waals surface area contributed by atoms with E-state index in [9.17, 15) is 25.9 Å². The van der Waals surface area contributed by atoms with E-state index in [-0.39, 0.29) is 33.2 Å². The van der Waals surface area contributed by atoms with Crippen molar-refractivity contribution in [3.05, 3.63) is 212 Å². The van der Waals surface area contributed by atoms with Crippen LogP contribution in [0.5, 0.6) is 0 Å². The Bertz CT molecular complexity index is 3710. The van der Waals surface area contributed by atoms with Crippen molar-refractivity contribution in [2.75, 3.05) is 73.9 Å². The van der Waals surface area contributed by atoms with Crippen molar-refractivity contribution < 1.29 is 44.6 Å². The minimum Gasteiger partial charge on any atom is -0.748 e. The number of rotatable bonds is 25. The van der Waals surface area contributed by atoms with E-state index in [2.05, 4.69) is 208 Å². The fraction of sp³-hybridized carbons (Fsp3) is 0.432. The van der Waals surface area contributed by atoms with E-state index in [0.29, 0.717) is 78.3 Å². The summed E-state index contributed by atoms with van der Waals surface area (Å²) in [5, 5.41) is 1.55. The van der Waals surface area contributed by atoms with Gasteiger partial charge < -0.3 is 28.4 Å². The van der Waals surface area contributed by atoms with Gasteiger partial charge in [0.15, 0.2) is 11.4 Å². The van der Waals surface area contributed by atoms with Crippen molar-refractivity contribution in [2.24, 2.45) is 0 Å². The highest BCUT2D eigenvalue weighted by atomic mass is 35.5. The highest BCUT2D eigenvalue weighted by Gasteiger charge is 2.46. The Kier molecular flexibility index (Phi) is 20.6. The minimum atomic E-state index is -4.27. The van der Waals surface area contributed by atoms with Crippen LogP contribution in [0.15, 0.2) is 189 Å². The Balaban J connectivity index is 0.782. The molecule has 2 aliphatic carbocycles. The van der Waals surface area contributed by atoms with Crippen LogP contribution in [0.4, 0.5) is 22.7 Å². The fourth-order valence-electron chi connectivity index (χ4n) is 14.4. The lowest BCUT2D eigenvalue weighted by Gasteiger charge is -2.27. The molecule has 0 aromatic heterocycles. The lowest BCUT2D eigenvalue weighted by Crippen LogP contribution is -2.30. The second kappa shape index (κ2) is 27.7. The molecule has 16 heteroatoms. The Morgan fingerprint density at radius 1 is 0.467 bits per heavy atom. The standard InChI is InChI=1S/C74H88Cl2N4O8S2/c1-71(2)57-27-9-13-31-61(57)77(43-17-19-51-89(81,82)83)65(71)39-35-53-23-21-25-55(69(53)75)37-41-67-73(5,6)59-29-11-15-33-63(59)79(67)45-47-87-49-50-88-48-46-80-64-34-16-12-30-60(64)74(7,8)68(80)42-38-56-26-22-24-54(70(56)76)36-40-66-72(3,4)58-28-10-14-32-62(58)78(66)44-18-20-52-90(84,85)86/h9-16,27-42H,17-26,43-52H2,1-8H3. The zero-order chi connectivity index (χ0) is 64.2. The Hall–Kier alpha value is -5.94. The highest BCUT2D eigenvalue weighted by molar-refractivity contribution is 7.85. The van der Waals surface area contributed by atoms with Crippen LogP contribution in [0.25, 0.3) is 0 Å². The van der Waals surface area contributed by atoms with Gasteiger partial charge in [0, 0.05) is 117 Å². The predicted molar refractivity (Wildman–Crippen MR) is 365 cm³/mol. The highest BCUT2D eigenvalue weighted by Crippen LogP contribution is 2.50. The maximum Gasteiger partial charge on any atom is 0.209 e. The largest absolute Gasteiger partial charge is 0.748 e. The molecule has 0 spiro atoms. The molecule has 4 aromatic carbocycles. The molecule has 0 amide bonds. The van der Waals surface area contributed by atoms with Crippen LogP contribution in [0.1, 0.15) is 142 Å². The molecule has 4 heterocycles. The summed E-state index contributed by atoms with van der Waals surface area (Å²) in [6, 6.07) is 34.0. The van der Waals surface area contributed by atoms with Crippen molar-refractivity contribution in [1.82, 2.24) is 0 Å². The molecule has 12 nitrogen and oxygen atoms in total. The molecule has 0 saturated heterocycles. The molecule has 0 saturated carbocycles. The molecule has 478 valence electrons. The van der Waals surface area contributed by atoms with E-state index in [1.807, 2.05) is 12.1 Å². The quantitative estimate of drug-likeness (QED) is 0.0357. The minimum absolute atomic E-state index is 0.263. The summed E-state index contributed by atoms with van der Waals surface area (Å²) in [5.41, 5.74) is 17.4. The molecule has 0 N–H and O–H groups in total. The summed E-state index contributed by atoms with van der Waals surface area (Å²) in [6.07, 6.45) is 24.8. The summed E-state index contributed by atoms with van der Waals surface area (Å²) in [4.78, 5) is 4.78. The first kappa shape index (κ1) is 67.0. The zero-order valence-electron chi connectivity index (χ0n) is 53.6. The van der Waals surface area contributed by atoms with Crippen molar-refractivity contribution >= 4 is 77.6 Å². The van der Waals surface area contributed by atoms with Gasteiger partial charge in [-0.3, -0.25) is 0 Å². The molecule has 10 rings (SSSR count). The number of ether oxygens (including phenoxy) is 2. The molecular formula is C74H88Cl2N4O8S2. The van der Waals surface area contributed by atoms with E-state index >= 15 is 0 Å². The third-order valence-corrected chi connectivity index (χ3v) is 21.8. The summed E-state index contributed by atoms with van der Waals surface area (Å²) in [5.74, 6) is -0.725. The number of hydrogen-bond donors (Lipinski definition) is 0. The van der Waals surface area contributed by atoms with Gasteiger partial charge >= 0.3 is 0 Å². The van der Waals surface area contributed by atoms with Gasteiger partial charge in [-0.05, 0) is 137 Å². The van der Waals surface area contributed by atoms with Gasteiger partial charge in [0.25, 0.3) is 0 Å². The number of halogens is 2. The molecule has 90 heavy (non-hydrogen) atoms. The van der Waals surface area contributed by atoms with Crippen LogP contribution in [0.3, 0.4) is 0 Å².